The molecular formula is C7H8N4S. The Balaban J connectivity index is 2.80. The van der Waals surface area contributed by atoms with Crippen molar-refractivity contribution in [2.24, 2.45) is 0 Å². The molecule has 2 rings (SSSR count). The summed E-state index contributed by atoms with van der Waals surface area (Å²) in [7, 11) is 0. The van der Waals surface area contributed by atoms with E-state index >= 15 is 0 Å². The monoisotopic (exact) mass is 180 g/mol. The summed E-state index contributed by atoms with van der Waals surface area (Å²) in [5.74, 6) is 0.535. The fourth-order valence-corrected chi connectivity index (χ4v) is 1.58. The third-order valence-corrected chi connectivity index (χ3v) is 2.19. The van der Waals surface area contributed by atoms with E-state index in [0.717, 1.165) is 10.7 Å². The summed E-state index contributed by atoms with van der Waals surface area (Å²) < 4.78 is 1.76. The molecule has 62 valence electrons. The summed E-state index contributed by atoms with van der Waals surface area (Å²) in [6.45, 7) is 0. The molecule has 5 heteroatoms. The number of hydrogen-bond donors (Lipinski definition) is 1. The minimum atomic E-state index is 0.535. The van der Waals surface area contributed by atoms with Crippen molar-refractivity contribution in [3.8, 4) is 0 Å². The maximum absolute atomic E-state index is 5.59. The predicted octanol–water partition coefficient (Wildman–Crippen LogP) is 1.03. The Hall–Kier alpha value is -1.23. The Morgan fingerprint density at radius 3 is 3.17 bits per heavy atom. The topological polar surface area (TPSA) is 56.2 Å². The highest BCUT2D eigenvalue weighted by Gasteiger charge is 2.02. The van der Waals surface area contributed by atoms with Crippen LogP contribution in [0.4, 0.5) is 5.82 Å². The van der Waals surface area contributed by atoms with E-state index in [4.69, 9.17) is 5.73 Å². The van der Waals surface area contributed by atoms with Gasteiger partial charge in [-0.1, -0.05) is 11.8 Å². The van der Waals surface area contributed by atoms with Gasteiger partial charge in [-0.3, -0.25) is 0 Å². The molecule has 2 N–H and O–H groups in total. The molecule has 0 saturated carbocycles. The lowest BCUT2D eigenvalue weighted by atomic mass is 10.4. The highest BCUT2D eigenvalue weighted by Crippen LogP contribution is 2.15. The first kappa shape index (κ1) is 7.42. The van der Waals surface area contributed by atoms with E-state index in [1.165, 1.54) is 11.8 Å². The van der Waals surface area contributed by atoms with Crippen molar-refractivity contribution in [3.05, 3.63) is 18.3 Å². The Bertz CT molecular complexity index is 409. The molecule has 0 saturated heterocycles. The number of fused-ring (bicyclic) bond motifs is 1. The van der Waals surface area contributed by atoms with Crippen LogP contribution in [0.15, 0.2) is 23.5 Å². The number of hydrogen-bond acceptors (Lipinski definition) is 4. The van der Waals surface area contributed by atoms with Gasteiger partial charge in [0.2, 0.25) is 0 Å². The number of anilines is 1. The summed E-state index contributed by atoms with van der Waals surface area (Å²) in [4.78, 5) is 4.13. The van der Waals surface area contributed by atoms with Crippen LogP contribution in [0.1, 0.15) is 0 Å². The highest BCUT2D eigenvalue weighted by atomic mass is 32.2. The zero-order chi connectivity index (χ0) is 8.55. The average Bonchev–Trinajstić information content (AvgIpc) is 2.50. The molecule has 0 radical (unpaired) electrons. The second-order valence-electron chi connectivity index (χ2n) is 2.34. The van der Waals surface area contributed by atoms with Crippen molar-refractivity contribution >= 4 is 23.1 Å². The average molecular weight is 180 g/mol. The lowest BCUT2D eigenvalue weighted by Gasteiger charge is -2.00. The largest absolute Gasteiger partial charge is 0.384 e. The maximum Gasteiger partial charge on any atom is 0.190 e. The molecule has 2 aromatic heterocycles. The molecule has 12 heavy (non-hydrogen) atoms. The van der Waals surface area contributed by atoms with Crippen LogP contribution in [-0.2, 0) is 0 Å². The molecule has 2 heterocycles. The third kappa shape index (κ3) is 1.02. The predicted molar refractivity (Wildman–Crippen MR) is 49.2 cm³/mol. The lowest BCUT2D eigenvalue weighted by Crippen LogP contribution is -1.99. The first-order valence-electron chi connectivity index (χ1n) is 3.45. The Morgan fingerprint density at radius 2 is 2.42 bits per heavy atom. The van der Waals surface area contributed by atoms with Crippen LogP contribution in [0.25, 0.3) is 5.52 Å². The molecule has 0 amide bonds. The number of nitrogens with zero attached hydrogens (tertiary/aromatic N) is 3. The van der Waals surface area contributed by atoms with Crippen molar-refractivity contribution < 1.29 is 0 Å². The fourth-order valence-electron chi connectivity index (χ4n) is 1.06. The minimum Gasteiger partial charge on any atom is -0.384 e. The number of nitrogen functional groups attached to an aromatic ring is 1. The number of aromatic nitrogens is 3. The van der Waals surface area contributed by atoms with Gasteiger partial charge in [-0.2, -0.15) is 5.10 Å². The van der Waals surface area contributed by atoms with Gasteiger partial charge in [-0.05, 0) is 12.3 Å². The Kier molecular flexibility index (Phi) is 1.65. The van der Waals surface area contributed by atoms with E-state index in [0.29, 0.717) is 5.82 Å². The number of thioether (sulfide) groups is 1. The Labute approximate surface area is 73.8 Å². The van der Waals surface area contributed by atoms with Crippen molar-refractivity contribution in [2.45, 2.75) is 5.16 Å². The SMILES string of the molecule is CSc1nc(N)cc2ccnn12. The second-order valence-corrected chi connectivity index (χ2v) is 3.11. The lowest BCUT2D eigenvalue weighted by molar-refractivity contribution is 0.800. The van der Waals surface area contributed by atoms with Gasteiger partial charge in [0.15, 0.2) is 5.16 Å². The van der Waals surface area contributed by atoms with Crippen LogP contribution in [0, 0.1) is 0 Å². The zero-order valence-corrected chi connectivity index (χ0v) is 7.38. The van der Waals surface area contributed by atoms with Gasteiger partial charge >= 0.3 is 0 Å². The van der Waals surface area contributed by atoms with Crippen LogP contribution in [-0.4, -0.2) is 20.9 Å². The van der Waals surface area contributed by atoms with Gasteiger partial charge in [-0.25, -0.2) is 9.50 Å². The van der Waals surface area contributed by atoms with Gasteiger partial charge in [0.05, 0.1) is 11.7 Å². The summed E-state index contributed by atoms with van der Waals surface area (Å²) in [6, 6.07) is 3.70. The molecule has 0 atom stereocenters. The summed E-state index contributed by atoms with van der Waals surface area (Å²) in [5, 5.41) is 4.92. The molecule has 4 nitrogen and oxygen atoms in total. The summed E-state index contributed by atoms with van der Waals surface area (Å²) in [5.41, 5.74) is 6.57. The normalized spacial score (nSPS) is 10.8. The van der Waals surface area contributed by atoms with Gasteiger partial charge in [0.25, 0.3) is 0 Å². The van der Waals surface area contributed by atoms with Gasteiger partial charge in [-0.15, -0.1) is 0 Å². The molecule has 0 unspecified atom stereocenters. The van der Waals surface area contributed by atoms with E-state index in [2.05, 4.69) is 10.1 Å². The number of nitrogens with two attached hydrogens (primary N) is 1. The highest BCUT2D eigenvalue weighted by molar-refractivity contribution is 7.98. The first-order chi connectivity index (χ1) is 5.81. The van der Waals surface area contributed by atoms with E-state index in [-0.39, 0.29) is 0 Å². The quantitative estimate of drug-likeness (QED) is 0.526. The van der Waals surface area contributed by atoms with Crippen LogP contribution in [0.2, 0.25) is 0 Å². The minimum absolute atomic E-state index is 0.535. The van der Waals surface area contributed by atoms with Crippen LogP contribution < -0.4 is 5.73 Å². The van der Waals surface area contributed by atoms with Crippen molar-refractivity contribution in [2.75, 3.05) is 12.0 Å². The molecule has 0 aliphatic rings. The molecule has 0 aromatic carbocycles. The molecule has 0 spiro atoms. The Morgan fingerprint density at radius 1 is 1.58 bits per heavy atom. The molecule has 0 aliphatic carbocycles. The van der Waals surface area contributed by atoms with Gasteiger partial charge in [0.1, 0.15) is 5.82 Å². The first-order valence-corrected chi connectivity index (χ1v) is 4.68. The van der Waals surface area contributed by atoms with Crippen LogP contribution in [0.5, 0.6) is 0 Å². The van der Waals surface area contributed by atoms with Crippen molar-refractivity contribution in [1.82, 2.24) is 14.6 Å². The van der Waals surface area contributed by atoms with Crippen molar-refractivity contribution in [1.29, 1.82) is 0 Å². The van der Waals surface area contributed by atoms with E-state index in [1.54, 1.807) is 16.8 Å². The van der Waals surface area contributed by atoms with Gasteiger partial charge < -0.3 is 5.73 Å². The van der Waals surface area contributed by atoms with Gasteiger partial charge in [0, 0.05) is 6.07 Å². The van der Waals surface area contributed by atoms with E-state index in [1.807, 2.05) is 12.3 Å². The molecule has 0 bridgehead atoms. The van der Waals surface area contributed by atoms with E-state index in [9.17, 15) is 0 Å². The maximum atomic E-state index is 5.59. The molecule has 0 fully saturated rings. The van der Waals surface area contributed by atoms with Crippen LogP contribution in [0.3, 0.4) is 0 Å². The standard InChI is InChI=1S/C7H8N4S/c1-12-7-10-6(8)4-5-2-3-9-11(5)7/h2-4H,8H2,1H3. The van der Waals surface area contributed by atoms with Crippen LogP contribution >= 0.6 is 11.8 Å². The fraction of sp³-hybridized carbons (Fsp3) is 0.143. The summed E-state index contributed by atoms with van der Waals surface area (Å²) >= 11 is 1.53. The second kappa shape index (κ2) is 2.67. The number of rotatable bonds is 1. The molecule has 0 aliphatic heterocycles. The zero-order valence-electron chi connectivity index (χ0n) is 6.56. The summed E-state index contributed by atoms with van der Waals surface area (Å²) in [6.07, 6.45) is 3.68. The van der Waals surface area contributed by atoms with E-state index < -0.39 is 0 Å². The van der Waals surface area contributed by atoms with Crippen molar-refractivity contribution in [3.63, 3.8) is 0 Å². The molecule has 2 aromatic rings. The third-order valence-electron chi connectivity index (χ3n) is 1.56. The molecular weight excluding hydrogens is 172 g/mol. The smallest absolute Gasteiger partial charge is 0.190 e.